The van der Waals surface area contributed by atoms with Gasteiger partial charge in [0.15, 0.2) is 6.10 Å². The second kappa shape index (κ2) is 3.57. The van der Waals surface area contributed by atoms with Crippen LogP contribution in [-0.2, 0) is 10.2 Å². The lowest BCUT2D eigenvalue weighted by molar-refractivity contribution is -0.148. The summed E-state index contributed by atoms with van der Waals surface area (Å²) in [4.78, 5) is 14.7. The van der Waals surface area contributed by atoms with Crippen LogP contribution in [0.2, 0.25) is 0 Å². The van der Waals surface area contributed by atoms with E-state index in [1.807, 2.05) is 0 Å². The highest BCUT2D eigenvalue weighted by Crippen LogP contribution is 2.52. The van der Waals surface area contributed by atoms with Crippen LogP contribution in [0.3, 0.4) is 0 Å². The van der Waals surface area contributed by atoms with Gasteiger partial charge in [-0.2, -0.15) is 0 Å². The van der Waals surface area contributed by atoms with Crippen molar-refractivity contribution in [3.63, 3.8) is 0 Å². The summed E-state index contributed by atoms with van der Waals surface area (Å²) in [5.41, 5.74) is 0.209. The number of aliphatic hydroxyl groups is 1. The fraction of sp³-hybridized carbons (Fsp3) is 0.400. The van der Waals surface area contributed by atoms with Crippen LogP contribution in [0.5, 0.6) is 0 Å². The summed E-state index contributed by atoms with van der Waals surface area (Å²) >= 11 is 3.32. The third-order valence-corrected chi connectivity index (χ3v) is 3.49. The van der Waals surface area contributed by atoms with Gasteiger partial charge in [-0.15, -0.1) is 0 Å². The van der Waals surface area contributed by atoms with Crippen molar-refractivity contribution in [3.05, 3.63) is 28.5 Å². The molecule has 0 radical (unpaired) electrons. The average molecular weight is 272 g/mol. The average Bonchev–Trinajstić information content (AvgIpc) is 2.98. The number of carboxylic acids is 1. The van der Waals surface area contributed by atoms with Crippen LogP contribution in [-0.4, -0.2) is 27.3 Å². The molecule has 1 unspecified atom stereocenters. The van der Waals surface area contributed by atoms with E-state index in [1.54, 1.807) is 18.5 Å². The second-order valence-corrected chi connectivity index (χ2v) is 4.61. The van der Waals surface area contributed by atoms with E-state index in [9.17, 15) is 9.90 Å². The van der Waals surface area contributed by atoms with Gasteiger partial charge >= 0.3 is 5.97 Å². The first-order valence-electron chi connectivity index (χ1n) is 4.59. The summed E-state index contributed by atoms with van der Waals surface area (Å²) in [6.45, 7) is 0. The zero-order chi connectivity index (χ0) is 11.1. The van der Waals surface area contributed by atoms with Crippen LogP contribution >= 0.6 is 15.9 Å². The number of nitrogens with zero attached hydrogens (tertiary/aromatic N) is 1. The van der Waals surface area contributed by atoms with Crippen LogP contribution in [0.1, 0.15) is 18.4 Å². The maximum Gasteiger partial charge on any atom is 0.333 e. The molecule has 2 rings (SSSR count). The molecule has 1 aliphatic carbocycles. The molecule has 1 aromatic heterocycles. The Kier molecular flexibility index (Phi) is 2.52. The Hall–Kier alpha value is -0.940. The maximum atomic E-state index is 10.8. The minimum atomic E-state index is -1.34. The van der Waals surface area contributed by atoms with Crippen LogP contribution in [0.15, 0.2) is 22.9 Å². The highest BCUT2D eigenvalue weighted by Gasteiger charge is 2.54. The monoisotopic (exact) mass is 271 g/mol. The van der Waals surface area contributed by atoms with Crippen molar-refractivity contribution >= 4 is 21.9 Å². The van der Waals surface area contributed by atoms with E-state index in [1.165, 1.54) is 0 Å². The molecule has 80 valence electrons. The fourth-order valence-electron chi connectivity index (χ4n) is 1.84. The van der Waals surface area contributed by atoms with Gasteiger partial charge in [-0.25, -0.2) is 4.79 Å². The van der Waals surface area contributed by atoms with Crippen LogP contribution in [0.25, 0.3) is 0 Å². The van der Waals surface area contributed by atoms with Crippen molar-refractivity contribution in [2.45, 2.75) is 24.4 Å². The SMILES string of the molecule is O=C(O)C(O)C1(c2ccncc2Br)CC1. The van der Waals surface area contributed by atoms with Crippen molar-refractivity contribution < 1.29 is 15.0 Å². The van der Waals surface area contributed by atoms with E-state index in [2.05, 4.69) is 20.9 Å². The number of hydrogen-bond donors (Lipinski definition) is 2. The molecule has 15 heavy (non-hydrogen) atoms. The Labute approximate surface area is 95.1 Å². The first kappa shape index (κ1) is 10.6. The van der Waals surface area contributed by atoms with E-state index in [0.717, 1.165) is 10.0 Å². The molecular weight excluding hydrogens is 262 g/mol. The lowest BCUT2D eigenvalue weighted by Gasteiger charge is -2.20. The first-order chi connectivity index (χ1) is 7.08. The van der Waals surface area contributed by atoms with Crippen molar-refractivity contribution in [2.24, 2.45) is 0 Å². The van der Waals surface area contributed by atoms with E-state index in [4.69, 9.17) is 5.11 Å². The number of carbonyl (C=O) groups is 1. The van der Waals surface area contributed by atoms with Crippen molar-refractivity contribution in [1.29, 1.82) is 0 Å². The van der Waals surface area contributed by atoms with Crippen molar-refractivity contribution in [2.75, 3.05) is 0 Å². The lowest BCUT2D eigenvalue weighted by atomic mass is 9.91. The Balaban J connectivity index is 2.39. The van der Waals surface area contributed by atoms with Crippen molar-refractivity contribution in [1.82, 2.24) is 4.98 Å². The van der Waals surface area contributed by atoms with Crippen LogP contribution in [0.4, 0.5) is 0 Å². The van der Waals surface area contributed by atoms with E-state index in [0.29, 0.717) is 12.8 Å². The predicted molar refractivity (Wildman–Crippen MR) is 56.5 cm³/mol. The molecule has 0 aromatic carbocycles. The quantitative estimate of drug-likeness (QED) is 0.870. The number of hydrogen-bond acceptors (Lipinski definition) is 3. The molecule has 1 aromatic rings. The van der Waals surface area contributed by atoms with Crippen LogP contribution < -0.4 is 0 Å². The molecule has 0 saturated heterocycles. The Morgan fingerprint density at radius 2 is 2.27 bits per heavy atom. The molecule has 4 nitrogen and oxygen atoms in total. The Bertz CT molecular complexity index is 403. The molecule has 1 saturated carbocycles. The topological polar surface area (TPSA) is 70.4 Å². The molecule has 1 atom stereocenters. The summed E-state index contributed by atoms with van der Waals surface area (Å²) in [5, 5.41) is 18.5. The smallest absolute Gasteiger partial charge is 0.333 e. The lowest BCUT2D eigenvalue weighted by Crippen LogP contribution is -2.34. The van der Waals surface area contributed by atoms with E-state index < -0.39 is 17.5 Å². The normalized spacial score (nSPS) is 19.6. The number of aromatic nitrogens is 1. The van der Waals surface area contributed by atoms with Crippen LogP contribution in [0, 0.1) is 0 Å². The standard InChI is InChI=1S/C10H10BrNO3/c11-7-5-12-4-1-6(7)10(2-3-10)8(13)9(14)15/h1,4-5,8,13H,2-3H2,(H,14,15). The number of rotatable bonds is 3. The van der Waals surface area contributed by atoms with E-state index >= 15 is 0 Å². The maximum absolute atomic E-state index is 10.8. The zero-order valence-corrected chi connectivity index (χ0v) is 9.44. The van der Waals surface area contributed by atoms with Gasteiger partial charge in [0.1, 0.15) is 0 Å². The molecule has 1 heterocycles. The third kappa shape index (κ3) is 1.66. The molecular formula is C10H10BrNO3. The summed E-state index contributed by atoms with van der Waals surface area (Å²) in [6.07, 6.45) is 3.28. The highest BCUT2D eigenvalue weighted by molar-refractivity contribution is 9.10. The third-order valence-electron chi connectivity index (χ3n) is 2.85. The summed E-state index contributed by atoms with van der Waals surface area (Å²) in [5.74, 6) is -1.17. The Morgan fingerprint density at radius 1 is 1.60 bits per heavy atom. The fourth-order valence-corrected chi connectivity index (χ4v) is 2.49. The van der Waals surface area contributed by atoms with Gasteiger partial charge in [0.05, 0.1) is 0 Å². The molecule has 5 heteroatoms. The largest absolute Gasteiger partial charge is 0.479 e. The number of halogens is 1. The van der Waals surface area contributed by atoms with Gasteiger partial charge in [-0.3, -0.25) is 4.98 Å². The summed E-state index contributed by atoms with van der Waals surface area (Å²) in [7, 11) is 0. The predicted octanol–water partition coefficient (Wildman–Crippen LogP) is 1.32. The van der Waals surface area contributed by atoms with Crippen molar-refractivity contribution in [3.8, 4) is 0 Å². The number of pyridine rings is 1. The van der Waals surface area contributed by atoms with Gasteiger partial charge in [0, 0.05) is 22.3 Å². The molecule has 1 fully saturated rings. The molecule has 0 bridgehead atoms. The highest BCUT2D eigenvalue weighted by atomic mass is 79.9. The van der Waals surface area contributed by atoms with Gasteiger partial charge in [-0.05, 0) is 40.4 Å². The zero-order valence-electron chi connectivity index (χ0n) is 7.85. The summed E-state index contributed by atoms with van der Waals surface area (Å²) < 4.78 is 0.753. The van der Waals surface area contributed by atoms with Gasteiger partial charge < -0.3 is 10.2 Å². The number of aliphatic hydroxyl groups excluding tert-OH is 1. The van der Waals surface area contributed by atoms with Gasteiger partial charge in [-0.1, -0.05) is 0 Å². The first-order valence-corrected chi connectivity index (χ1v) is 5.38. The molecule has 0 aliphatic heterocycles. The number of carboxylic acid groups (broad SMARTS) is 1. The van der Waals surface area contributed by atoms with E-state index in [-0.39, 0.29) is 0 Å². The molecule has 2 N–H and O–H groups in total. The van der Waals surface area contributed by atoms with Gasteiger partial charge in [0.2, 0.25) is 0 Å². The minimum Gasteiger partial charge on any atom is -0.479 e. The molecule has 0 amide bonds. The molecule has 1 aliphatic rings. The summed E-state index contributed by atoms with van der Waals surface area (Å²) in [6, 6.07) is 1.75. The van der Waals surface area contributed by atoms with Gasteiger partial charge in [0.25, 0.3) is 0 Å². The Morgan fingerprint density at radius 3 is 2.73 bits per heavy atom. The minimum absolute atomic E-state index is 0.617. The molecule has 0 spiro atoms. The number of aliphatic carboxylic acids is 1. The second-order valence-electron chi connectivity index (χ2n) is 3.75.